The summed E-state index contributed by atoms with van der Waals surface area (Å²) in [4.78, 5) is 10.5. The van der Waals surface area contributed by atoms with E-state index in [4.69, 9.17) is 9.97 Å². The molecule has 3 heterocycles. The maximum absolute atomic E-state index is 5.33. The lowest BCUT2D eigenvalue weighted by molar-refractivity contribution is 0.658. The van der Waals surface area contributed by atoms with E-state index in [0.717, 1.165) is 39.7 Å². The van der Waals surface area contributed by atoms with Crippen LogP contribution in [-0.4, -0.2) is 19.1 Å². The number of benzene rings is 7. The van der Waals surface area contributed by atoms with Crippen LogP contribution in [-0.2, 0) is 5.41 Å². The molecule has 1 aliphatic rings. The average molecular weight is 679 g/mol. The van der Waals surface area contributed by atoms with Crippen LogP contribution in [0.3, 0.4) is 0 Å². The summed E-state index contributed by atoms with van der Waals surface area (Å²) < 4.78 is 4.82. The summed E-state index contributed by atoms with van der Waals surface area (Å²) in [5.41, 5.74) is 14.6. The van der Waals surface area contributed by atoms with Gasteiger partial charge in [-0.2, -0.15) is 0 Å². The third-order valence-corrected chi connectivity index (χ3v) is 11.3. The number of fused-ring (bicyclic) bond motifs is 9. The molecule has 0 aliphatic heterocycles. The van der Waals surface area contributed by atoms with Crippen molar-refractivity contribution >= 4 is 43.6 Å². The molecule has 7 aromatic carbocycles. The molecule has 0 unspecified atom stereocenters. The second-order valence-electron chi connectivity index (χ2n) is 14.6. The molecule has 0 spiro atoms. The van der Waals surface area contributed by atoms with Crippen LogP contribution in [0, 0.1) is 0 Å². The monoisotopic (exact) mass is 678 g/mol. The molecule has 0 N–H and O–H groups in total. The van der Waals surface area contributed by atoms with E-state index < -0.39 is 0 Å². The average Bonchev–Trinajstić information content (AvgIpc) is 3.80. The van der Waals surface area contributed by atoms with E-state index in [2.05, 4.69) is 187 Å². The van der Waals surface area contributed by atoms with Gasteiger partial charge in [-0.05, 0) is 54.1 Å². The Kier molecular flexibility index (Phi) is 6.27. The summed E-state index contributed by atoms with van der Waals surface area (Å²) in [6.45, 7) is 4.60. The minimum atomic E-state index is -0.244. The lowest BCUT2D eigenvalue weighted by atomic mass is 9.81. The Labute approximate surface area is 307 Å². The van der Waals surface area contributed by atoms with Gasteiger partial charge in [0.25, 0.3) is 0 Å². The molecule has 0 radical (unpaired) electrons. The Balaban J connectivity index is 1.13. The van der Waals surface area contributed by atoms with Gasteiger partial charge in [-0.25, -0.2) is 9.97 Å². The molecule has 0 bridgehead atoms. The molecule has 250 valence electrons. The maximum Gasteiger partial charge on any atom is 0.160 e. The Bertz CT molecular complexity index is 3060. The molecular weight excluding hydrogens is 645 g/mol. The molecule has 0 atom stereocenters. The molecule has 10 aromatic rings. The predicted octanol–water partition coefficient (Wildman–Crippen LogP) is 12.3. The van der Waals surface area contributed by atoms with E-state index >= 15 is 0 Å². The fourth-order valence-corrected chi connectivity index (χ4v) is 8.87. The van der Waals surface area contributed by atoms with Crippen molar-refractivity contribution in [3.63, 3.8) is 0 Å². The minimum Gasteiger partial charge on any atom is -0.309 e. The molecule has 0 amide bonds. The first kappa shape index (κ1) is 29.9. The summed E-state index contributed by atoms with van der Waals surface area (Å²) in [5.74, 6) is 0.747. The topological polar surface area (TPSA) is 35.6 Å². The molecule has 4 nitrogen and oxygen atoms in total. The highest BCUT2D eigenvalue weighted by Gasteiger charge is 2.40. The van der Waals surface area contributed by atoms with Crippen LogP contribution in [0.25, 0.3) is 88.9 Å². The molecule has 53 heavy (non-hydrogen) atoms. The second-order valence-corrected chi connectivity index (χ2v) is 14.6. The Morgan fingerprint density at radius 2 is 0.925 bits per heavy atom. The SMILES string of the molecule is CC1(C)c2ccccc2-c2nc(-c3ccccc3)nc(-c3ccc(-n4c5ccccc5c5cc6c(cc54)c4ccccc4n6-c4ccccc4)cc3)c21. The van der Waals surface area contributed by atoms with Gasteiger partial charge in [-0.3, -0.25) is 0 Å². The van der Waals surface area contributed by atoms with Crippen LogP contribution in [0.1, 0.15) is 25.0 Å². The Morgan fingerprint density at radius 1 is 0.415 bits per heavy atom. The van der Waals surface area contributed by atoms with Crippen LogP contribution in [0.5, 0.6) is 0 Å². The minimum absolute atomic E-state index is 0.244. The van der Waals surface area contributed by atoms with E-state index in [0.29, 0.717) is 0 Å². The fraction of sp³-hybridized carbons (Fsp3) is 0.0612. The predicted molar refractivity (Wildman–Crippen MR) is 219 cm³/mol. The normalized spacial score (nSPS) is 13.2. The molecule has 0 fully saturated rings. The molecular formula is C49H34N4. The largest absolute Gasteiger partial charge is 0.309 e. The van der Waals surface area contributed by atoms with Crippen molar-refractivity contribution in [3.8, 4) is 45.3 Å². The summed E-state index contributed by atoms with van der Waals surface area (Å²) in [6.07, 6.45) is 0. The zero-order valence-corrected chi connectivity index (χ0v) is 29.5. The molecule has 3 aromatic heterocycles. The third kappa shape index (κ3) is 4.30. The van der Waals surface area contributed by atoms with Crippen molar-refractivity contribution < 1.29 is 0 Å². The first-order valence-corrected chi connectivity index (χ1v) is 18.3. The van der Waals surface area contributed by atoms with Crippen LogP contribution < -0.4 is 0 Å². The summed E-state index contributed by atoms with van der Waals surface area (Å²) >= 11 is 0. The number of hydrogen-bond acceptors (Lipinski definition) is 2. The van der Waals surface area contributed by atoms with Gasteiger partial charge in [-0.15, -0.1) is 0 Å². The van der Waals surface area contributed by atoms with Gasteiger partial charge in [0.05, 0.1) is 33.5 Å². The number of para-hydroxylation sites is 3. The molecule has 0 saturated carbocycles. The summed E-state index contributed by atoms with van der Waals surface area (Å²) in [5, 5.41) is 4.96. The first-order chi connectivity index (χ1) is 26.1. The number of rotatable bonds is 4. The molecule has 4 heteroatoms. The zero-order chi connectivity index (χ0) is 35.3. The van der Waals surface area contributed by atoms with Gasteiger partial charge in [0.15, 0.2) is 5.82 Å². The Hall–Kier alpha value is -6.78. The highest BCUT2D eigenvalue weighted by atomic mass is 15.0. The van der Waals surface area contributed by atoms with Crippen LogP contribution >= 0.6 is 0 Å². The highest BCUT2D eigenvalue weighted by Crippen LogP contribution is 2.51. The van der Waals surface area contributed by atoms with E-state index in [1.165, 1.54) is 60.3 Å². The van der Waals surface area contributed by atoms with E-state index in [1.54, 1.807) is 0 Å². The van der Waals surface area contributed by atoms with Gasteiger partial charge in [0.2, 0.25) is 0 Å². The van der Waals surface area contributed by atoms with Crippen molar-refractivity contribution in [1.29, 1.82) is 0 Å². The third-order valence-electron chi connectivity index (χ3n) is 11.3. The quantitative estimate of drug-likeness (QED) is 0.186. The van der Waals surface area contributed by atoms with Gasteiger partial charge < -0.3 is 9.13 Å². The number of nitrogens with zero attached hydrogens (tertiary/aromatic N) is 4. The van der Waals surface area contributed by atoms with E-state index in [-0.39, 0.29) is 5.41 Å². The first-order valence-electron chi connectivity index (χ1n) is 18.3. The van der Waals surface area contributed by atoms with Crippen molar-refractivity contribution in [2.75, 3.05) is 0 Å². The lowest BCUT2D eigenvalue weighted by Crippen LogP contribution is -2.17. The van der Waals surface area contributed by atoms with Crippen molar-refractivity contribution in [1.82, 2.24) is 19.1 Å². The second kappa shape index (κ2) is 11.1. The fourth-order valence-electron chi connectivity index (χ4n) is 8.87. The Morgan fingerprint density at radius 3 is 1.57 bits per heavy atom. The van der Waals surface area contributed by atoms with Gasteiger partial charge in [0.1, 0.15) is 0 Å². The molecule has 1 aliphatic carbocycles. The molecule has 11 rings (SSSR count). The summed E-state index contributed by atoms with van der Waals surface area (Å²) in [6, 6.07) is 61.0. The van der Waals surface area contributed by atoms with Crippen molar-refractivity contribution in [3.05, 3.63) is 181 Å². The zero-order valence-electron chi connectivity index (χ0n) is 29.5. The highest BCUT2D eigenvalue weighted by molar-refractivity contribution is 6.19. The standard InChI is InChI=1S/C49H34N4/c1-49(2)40-22-12-9-21-37(40)47-45(49)46(50-48(51-47)32-15-5-3-6-16-32)31-25-27-34(28-26-31)53-42-24-14-11-20-36(42)39-29-43-38(30-44(39)53)35-19-10-13-23-41(35)52(43)33-17-7-4-8-18-33/h3-30H,1-2H3. The lowest BCUT2D eigenvalue weighted by Gasteiger charge is -2.24. The number of hydrogen-bond donors (Lipinski definition) is 0. The van der Waals surface area contributed by atoms with Gasteiger partial charge in [-0.1, -0.05) is 135 Å². The molecule has 0 saturated heterocycles. The van der Waals surface area contributed by atoms with E-state index in [9.17, 15) is 0 Å². The summed E-state index contributed by atoms with van der Waals surface area (Å²) in [7, 11) is 0. The van der Waals surface area contributed by atoms with Gasteiger partial charge >= 0.3 is 0 Å². The van der Waals surface area contributed by atoms with Gasteiger partial charge in [0, 0.05) is 60.6 Å². The smallest absolute Gasteiger partial charge is 0.160 e. The van der Waals surface area contributed by atoms with Crippen LogP contribution in [0.2, 0.25) is 0 Å². The van der Waals surface area contributed by atoms with E-state index in [1.807, 2.05) is 6.07 Å². The number of aromatic nitrogens is 4. The van der Waals surface area contributed by atoms with Crippen LogP contribution in [0.4, 0.5) is 0 Å². The van der Waals surface area contributed by atoms with Crippen molar-refractivity contribution in [2.24, 2.45) is 0 Å². The van der Waals surface area contributed by atoms with Crippen molar-refractivity contribution in [2.45, 2.75) is 19.3 Å². The van der Waals surface area contributed by atoms with Crippen LogP contribution in [0.15, 0.2) is 170 Å². The maximum atomic E-state index is 5.33.